The minimum absolute atomic E-state index is 0.196. The average Bonchev–Trinajstić information content (AvgIpc) is 3.34. The Hall–Kier alpha value is -2.61. The third-order valence-electron chi connectivity index (χ3n) is 7.18. The summed E-state index contributed by atoms with van der Waals surface area (Å²) in [5, 5.41) is 0.724. The molecule has 7 nitrogen and oxygen atoms in total. The SMILES string of the molecule is O=C(N1CCOCC1)N1C2CCC1CN(Cc1c(-c3ccc(Cl)cc3)nc3ccccn13)C2. The van der Waals surface area contributed by atoms with Crippen LogP contribution in [0.3, 0.4) is 0 Å². The van der Waals surface area contributed by atoms with Crippen LogP contribution < -0.4 is 0 Å². The lowest BCUT2D eigenvalue weighted by Crippen LogP contribution is -2.59. The Morgan fingerprint density at radius 3 is 2.48 bits per heavy atom. The molecule has 3 aliphatic rings. The predicted molar refractivity (Wildman–Crippen MR) is 127 cm³/mol. The number of halogens is 1. The maximum absolute atomic E-state index is 13.2. The summed E-state index contributed by atoms with van der Waals surface area (Å²) >= 11 is 6.13. The molecule has 172 valence electrons. The molecule has 3 aliphatic heterocycles. The van der Waals surface area contributed by atoms with Crippen LogP contribution in [0.4, 0.5) is 4.79 Å². The van der Waals surface area contributed by atoms with Crippen molar-refractivity contribution in [2.45, 2.75) is 31.5 Å². The number of hydrogen-bond acceptors (Lipinski definition) is 4. The van der Waals surface area contributed by atoms with Crippen molar-refractivity contribution in [3.8, 4) is 11.3 Å². The second-order valence-corrected chi connectivity index (χ2v) is 9.65. The van der Waals surface area contributed by atoms with Crippen LogP contribution in [0.5, 0.6) is 0 Å². The smallest absolute Gasteiger partial charge is 0.320 e. The Kier molecular flexibility index (Phi) is 5.48. The van der Waals surface area contributed by atoms with Gasteiger partial charge in [-0.25, -0.2) is 9.78 Å². The van der Waals surface area contributed by atoms with Gasteiger partial charge < -0.3 is 18.9 Å². The normalized spacial score (nSPS) is 23.4. The highest BCUT2D eigenvalue weighted by atomic mass is 35.5. The van der Waals surface area contributed by atoms with E-state index in [1.165, 1.54) is 5.69 Å². The number of aromatic nitrogens is 2. The summed E-state index contributed by atoms with van der Waals surface area (Å²) < 4.78 is 7.63. The first kappa shape index (κ1) is 21.0. The van der Waals surface area contributed by atoms with Gasteiger partial charge in [0.25, 0.3) is 0 Å². The molecule has 0 aliphatic carbocycles. The number of carbonyl (C=O) groups is 1. The van der Waals surface area contributed by atoms with Crippen LogP contribution >= 0.6 is 11.6 Å². The van der Waals surface area contributed by atoms with E-state index in [9.17, 15) is 4.79 Å². The van der Waals surface area contributed by atoms with Gasteiger partial charge in [-0.05, 0) is 37.1 Å². The zero-order valence-corrected chi connectivity index (χ0v) is 19.3. The van der Waals surface area contributed by atoms with E-state index in [-0.39, 0.29) is 18.1 Å². The van der Waals surface area contributed by atoms with E-state index >= 15 is 0 Å². The number of rotatable bonds is 3. The van der Waals surface area contributed by atoms with Gasteiger partial charge in [0.15, 0.2) is 0 Å². The fourth-order valence-corrected chi connectivity index (χ4v) is 5.72. The highest BCUT2D eigenvalue weighted by Crippen LogP contribution is 2.34. The van der Waals surface area contributed by atoms with Gasteiger partial charge in [-0.3, -0.25) is 4.90 Å². The quantitative estimate of drug-likeness (QED) is 0.591. The number of fused-ring (bicyclic) bond motifs is 3. The molecule has 0 spiro atoms. The number of hydrogen-bond donors (Lipinski definition) is 0. The molecule has 3 fully saturated rings. The zero-order valence-electron chi connectivity index (χ0n) is 18.6. The first-order chi connectivity index (χ1) is 16.2. The predicted octanol–water partition coefficient (Wildman–Crippen LogP) is 3.76. The molecule has 2 aromatic heterocycles. The third-order valence-corrected chi connectivity index (χ3v) is 7.43. The molecular weight excluding hydrogens is 438 g/mol. The maximum Gasteiger partial charge on any atom is 0.320 e. The molecule has 8 heteroatoms. The molecule has 2 unspecified atom stereocenters. The number of morpholine rings is 1. The molecule has 6 rings (SSSR count). The fraction of sp³-hybridized carbons (Fsp3) is 0.440. The van der Waals surface area contributed by atoms with Gasteiger partial charge in [-0.15, -0.1) is 0 Å². The molecule has 0 saturated carbocycles. The number of likely N-dealkylation sites (tertiary alicyclic amines) is 1. The van der Waals surface area contributed by atoms with E-state index in [1.807, 2.05) is 47.4 Å². The lowest BCUT2D eigenvalue weighted by molar-refractivity contribution is 0.0235. The van der Waals surface area contributed by atoms with Gasteiger partial charge >= 0.3 is 6.03 Å². The van der Waals surface area contributed by atoms with E-state index in [0.717, 1.165) is 54.4 Å². The number of amides is 2. The first-order valence-electron chi connectivity index (χ1n) is 11.8. The highest BCUT2D eigenvalue weighted by Gasteiger charge is 2.44. The van der Waals surface area contributed by atoms with Crippen LogP contribution in [-0.2, 0) is 11.3 Å². The summed E-state index contributed by atoms with van der Waals surface area (Å²) in [7, 11) is 0. The minimum Gasteiger partial charge on any atom is -0.378 e. The summed E-state index contributed by atoms with van der Waals surface area (Å²) in [6.07, 6.45) is 4.24. The van der Waals surface area contributed by atoms with E-state index in [1.54, 1.807) is 0 Å². The Balaban J connectivity index is 1.25. The maximum atomic E-state index is 13.2. The van der Waals surface area contributed by atoms with Crippen molar-refractivity contribution in [2.75, 3.05) is 39.4 Å². The lowest BCUT2D eigenvalue weighted by Gasteiger charge is -2.43. The largest absolute Gasteiger partial charge is 0.378 e. The van der Waals surface area contributed by atoms with Crippen LogP contribution in [0.1, 0.15) is 18.5 Å². The Labute approximate surface area is 198 Å². The summed E-state index contributed by atoms with van der Waals surface area (Å²) in [5.74, 6) is 0. The Morgan fingerprint density at radius 1 is 1.03 bits per heavy atom. The standard InChI is InChI=1S/C25H28ClN5O2/c26-19-6-4-18(5-7-19)24-22(30-10-2-1-3-23(30)27-24)17-28-15-20-8-9-21(16-28)31(20)25(32)29-11-13-33-14-12-29/h1-7,10,20-21H,8-9,11-17H2. The van der Waals surface area contributed by atoms with Crippen molar-refractivity contribution in [3.05, 3.63) is 59.4 Å². The number of urea groups is 1. The van der Waals surface area contributed by atoms with Crippen molar-refractivity contribution in [2.24, 2.45) is 0 Å². The number of nitrogens with zero attached hydrogens (tertiary/aromatic N) is 5. The van der Waals surface area contributed by atoms with Crippen molar-refractivity contribution in [3.63, 3.8) is 0 Å². The van der Waals surface area contributed by atoms with Crippen molar-refractivity contribution in [1.82, 2.24) is 24.1 Å². The topological polar surface area (TPSA) is 53.3 Å². The third kappa shape index (κ3) is 3.88. The van der Waals surface area contributed by atoms with Crippen molar-refractivity contribution in [1.29, 1.82) is 0 Å². The number of piperazine rings is 1. The minimum atomic E-state index is 0.196. The summed E-state index contributed by atoms with van der Waals surface area (Å²) in [6.45, 7) is 5.27. The summed E-state index contributed by atoms with van der Waals surface area (Å²) in [6, 6.07) is 14.8. The molecular formula is C25H28ClN5O2. The Bertz CT molecular complexity index is 1140. The van der Waals surface area contributed by atoms with Gasteiger partial charge in [0.2, 0.25) is 0 Å². The van der Waals surface area contributed by atoms with E-state index in [4.69, 9.17) is 21.3 Å². The fourth-order valence-electron chi connectivity index (χ4n) is 5.60. The van der Waals surface area contributed by atoms with Crippen LogP contribution in [0.15, 0.2) is 48.7 Å². The van der Waals surface area contributed by atoms with Crippen molar-refractivity contribution < 1.29 is 9.53 Å². The van der Waals surface area contributed by atoms with Crippen LogP contribution in [-0.4, -0.2) is 81.6 Å². The van der Waals surface area contributed by atoms with Gasteiger partial charge in [0, 0.05) is 61.6 Å². The number of pyridine rings is 1. The highest BCUT2D eigenvalue weighted by molar-refractivity contribution is 6.30. The van der Waals surface area contributed by atoms with Gasteiger partial charge in [-0.2, -0.15) is 0 Å². The van der Waals surface area contributed by atoms with Crippen LogP contribution in [0.2, 0.25) is 5.02 Å². The zero-order chi connectivity index (χ0) is 22.4. The second kappa shape index (κ2) is 8.63. The van der Waals surface area contributed by atoms with Crippen LogP contribution in [0.25, 0.3) is 16.9 Å². The molecule has 33 heavy (non-hydrogen) atoms. The first-order valence-corrected chi connectivity index (χ1v) is 12.1. The molecule has 2 bridgehead atoms. The molecule has 0 N–H and O–H groups in total. The number of imidazole rings is 1. The van der Waals surface area contributed by atoms with Gasteiger partial charge in [0.1, 0.15) is 5.65 Å². The summed E-state index contributed by atoms with van der Waals surface area (Å²) in [5.41, 5.74) is 4.20. The summed E-state index contributed by atoms with van der Waals surface area (Å²) in [4.78, 5) is 24.8. The number of ether oxygens (including phenoxy) is 1. The van der Waals surface area contributed by atoms with E-state index < -0.39 is 0 Å². The molecule has 3 aromatic rings. The molecule has 1 aromatic carbocycles. The van der Waals surface area contributed by atoms with E-state index in [0.29, 0.717) is 26.3 Å². The second-order valence-electron chi connectivity index (χ2n) is 9.21. The molecule has 5 heterocycles. The Morgan fingerprint density at radius 2 is 1.76 bits per heavy atom. The number of carbonyl (C=O) groups excluding carboxylic acids is 1. The number of benzene rings is 1. The molecule has 2 atom stereocenters. The van der Waals surface area contributed by atoms with Gasteiger partial charge in [0.05, 0.1) is 24.6 Å². The average molecular weight is 466 g/mol. The lowest BCUT2D eigenvalue weighted by atomic mass is 10.1. The molecule has 2 amide bonds. The van der Waals surface area contributed by atoms with Gasteiger partial charge in [-0.1, -0.05) is 29.8 Å². The van der Waals surface area contributed by atoms with E-state index in [2.05, 4.69) is 20.4 Å². The molecule has 0 radical (unpaired) electrons. The monoisotopic (exact) mass is 465 g/mol. The van der Waals surface area contributed by atoms with Crippen LogP contribution in [0, 0.1) is 0 Å². The molecule has 3 saturated heterocycles. The van der Waals surface area contributed by atoms with Crippen molar-refractivity contribution >= 4 is 23.3 Å².